The van der Waals surface area contributed by atoms with Crippen LogP contribution in [0.15, 0.2) is 0 Å². The van der Waals surface area contributed by atoms with Crippen molar-refractivity contribution in [3.8, 4) is 0 Å². The van der Waals surface area contributed by atoms with Gasteiger partial charge in [-0.2, -0.15) is 0 Å². The van der Waals surface area contributed by atoms with E-state index in [2.05, 4.69) is 17.1 Å². The molecule has 0 radical (unpaired) electrons. The summed E-state index contributed by atoms with van der Waals surface area (Å²) in [5.41, 5.74) is 0.289. The zero-order chi connectivity index (χ0) is 13.8. The lowest BCUT2D eigenvalue weighted by atomic mass is 9.83. The molecule has 0 amide bonds. The highest BCUT2D eigenvalue weighted by atomic mass is 16.5. The van der Waals surface area contributed by atoms with Crippen LogP contribution in [0.4, 0.5) is 0 Å². The van der Waals surface area contributed by atoms with Crippen molar-refractivity contribution in [2.45, 2.75) is 82.5 Å². The molecule has 0 aromatic carbocycles. The van der Waals surface area contributed by atoms with Gasteiger partial charge in [0.1, 0.15) is 0 Å². The van der Waals surface area contributed by atoms with Crippen LogP contribution in [0, 0.1) is 0 Å². The summed E-state index contributed by atoms with van der Waals surface area (Å²) in [7, 11) is 0. The van der Waals surface area contributed by atoms with E-state index in [-0.39, 0.29) is 5.60 Å². The highest BCUT2D eigenvalue weighted by Crippen LogP contribution is 2.42. The number of ether oxygens (including phenoxy) is 1. The van der Waals surface area contributed by atoms with E-state index in [1.54, 1.807) is 0 Å². The summed E-state index contributed by atoms with van der Waals surface area (Å²) in [4.78, 5) is 2.70. The maximum atomic E-state index is 6.56. The van der Waals surface area contributed by atoms with Crippen LogP contribution in [0.5, 0.6) is 0 Å². The molecule has 0 aromatic rings. The molecule has 3 aliphatic rings. The number of rotatable bonds is 4. The van der Waals surface area contributed by atoms with Gasteiger partial charge >= 0.3 is 0 Å². The largest absolute Gasteiger partial charge is 0.370 e. The zero-order valence-corrected chi connectivity index (χ0v) is 13.2. The van der Waals surface area contributed by atoms with Crippen molar-refractivity contribution in [3.63, 3.8) is 0 Å². The van der Waals surface area contributed by atoms with Gasteiger partial charge < -0.3 is 10.1 Å². The van der Waals surface area contributed by atoms with Crippen molar-refractivity contribution in [3.05, 3.63) is 0 Å². The van der Waals surface area contributed by atoms with Gasteiger partial charge in [0.25, 0.3) is 0 Å². The zero-order valence-electron chi connectivity index (χ0n) is 13.2. The number of nitrogens with one attached hydrogen (secondary N) is 1. The summed E-state index contributed by atoms with van der Waals surface area (Å²) in [5.74, 6) is 0. The molecule has 1 aliphatic carbocycles. The van der Waals surface area contributed by atoms with Gasteiger partial charge in [-0.05, 0) is 32.1 Å². The molecule has 1 N–H and O–H groups in total. The van der Waals surface area contributed by atoms with Crippen LogP contribution in [-0.2, 0) is 4.74 Å². The summed E-state index contributed by atoms with van der Waals surface area (Å²) in [5, 5.41) is 3.55. The highest BCUT2D eigenvalue weighted by Gasteiger charge is 2.41. The van der Waals surface area contributed by atoms with Gasteiger partial charge in [-0.15, -0.1) is 0 Å². The second-order valence-electron chi connectivity index (χ2n) is 7.16. The van der Waals surface area contributed by atoms with Gasteiger partial charge in [0, 0.05) is 32.2 Å². The standard InChI is InChI=1S/C17H32N2O/c1-2-6-15-13-18-11-12-19(15)14-16-7-10-17(20-16)8-4-3-5-9-17/h15-16,18H,2-14H2,1H3. The van der Waals surface area contributed by atoms with E-state index in [9.17, 15) is 0 Å². The van der Waals surface area contributed by atoms with E-state index in [1.165, 1.54) is 77.4 Å². The van der Waals surface area contributed by atoms with E-state index >= 15 is 0 Å². The van der Waals surface area contributed by atoms with E-state index in [0.717, 1.165) is 12.6 Å². The second kappa shape index (κ2) is 6.76. The van der Waals surface area contributed by atoms with Crippen LogP contribution in [0.2, 0.25) is 0 Å². The first-order valence-corrected chi connectivity index (χ1v) is 8.94. The van der Waals surface area contributed by atoms with Gasteiger partial charge in [0.15, 0.2) is 0 Å². The first kappa shape index (κ1) is 14.8. The summed E-state index contributed by atoms with van der Waals surface area (Å²) < 4.78 is 6.56. The van der Waals surface area contributed by atoms with Crippen molar-refractivity contribution >= 4 is 0 Å². The fraction of sp³-hybridized carbons (Fsp3) is 1.00. The van der Waals surface area contributed by atoms with E-state index < -0.39 is 0 Å². The Morgan fingerprint density at radius 1 is 1.20 bits per heavy atom. The van der Waals surface area contributed by atoms with Crippen LogP contribution < -0.4 is 5.32 Å². The van der Waals surface area contributed by atoms with Crippen molar-refractivity contribution < 1.29 is 4.74 Å². The predicted octanol–water partition coefficient (Wildman–Crippen LogP) is 2.94. The smallest absolute Gasteiger partial charge is 0.0710 e. The average Bonchev–Trinajstić information content (AvgIpc) is 2.85. The molecule has 116 valence electrons. The normalized spacial score (nSPS) is 34.6. The van der Waals surface area contributed by atoms with Gasteiger partial charge in [-0.25, -0.2) is 0 Å². The first-order chi connectivity index (χ1) is 9.81. The first-order valence-electron chi connectivity index (χ1n) is 8.94. The summed E-state index contributed by atoms with van der Waals surface area (Å²) in [6.45, 7) is 7.01. The molecule has 20 heavy (non-hydrogen) atoms. The Morgan fingerprint density at radius 3 is 2.85 bits per heavy atom. The lowest BCUT2D eigenvalue weighted by molar-refractivity contribution is -0.0762. The molecule has 1 saturated carbocycles. The molecule has 1 spiro atoms. The molecule has 2 unspecified atom stereocenters. The third kappa shape index (κ3) is 3.37. The summed E-state index contributed by atoms with van der Waals surface area (Å²) in [6.07, 6.45) is 12.6. The van der Waals surface area contributed by atoms with Crippen LogP contribution in [0.1, 0.15) is 64.7 Å². The van der Waals surface area contributed by atoms with Crippen LogP contribution in [-0.4, -0.2) is 48.8 Å². The van der Waals surface area contributed by atoms with E-state index in [0.29, 0.717) is 6.10 Å². The molecular formula is C17H32N2O. The quantitative estimate of drug-likeness (QED) is 0.857. The Hall–Kier alpha value is -0.120. The van der Waals surface area contributed by atoms with Crippen LogP contribution in [0.3, 0.4) is 0 Å². The Morgan fingerprint density at radius 2 is 2.05 bits per heavy atom. The Balaban J connectivity index is 1.52. The lowest BCUT2D eigenvalue weighted by Gasteiger charge is -2.38. The minimum absolute atomic E-state index is 0.289. The van der Waals surface area contributed by atoms with E-state index in [1.807, 2.05) is 0 Å². The molecule has 3 nitrogen and oxygen atoms in total. The summed E-state index contributed by atoms with van der Waals surface area (Å²) >= 11 is 0. The Kier molecular flexibility index (Phi) is 5.00. The van der Waals surface area contributed by atoms with Crippen LogP contribution >= 0.6 is 0 Å². The lowest BCUT2D eigenvalue weighted by Crippen LogP contribution is -2.53. The monoisotopic (exact) mass is 280 g/mol. The molecule has 2 atom stereocenters. The van der Waals surface area contributed by atoms with Crippen molar-refractivity contribution in [1.82, 2.24) is 10.2 Å². The van der Waals surface area contributed by atoms with Crippen molar-refractivity contribution in [2.75, 3.05) is 26.2 Å². The molecule has 2 saturated heterocycles. The number of hydrogen-bond donors (Lipinski definition) is 1. The van der Waals surface area contributed by atoms with E-state index in [4.69, 9.17) is 4.74 Å². The van der Waals surface area contributed by atoms with Gasteiger partial charge in [0.05, 0.1) is 11.7 Å². The molecule has 3 rings (SSSR count). The van der Waals surface area contributed by atoms with Crippen molar-refractivity contribution in [2.24, 2.45) is 0 Å². The van der Waals surface area contributed by atoms with Gasteiger partial charge in [-0.1, -0.05) is 32.6 Å². The van der Waals surface area contributed by atoms with Crippen molar-refractivity contribution in [1.29, 1.82) is 0 Å². The Bertz CT molecular complexity index is 299. The average molecular weight is 280 g/mol. The second-order valence-corrected chi connectivity index (χ2v) is 7.16. The fourth-order valence-corrected chi connectivity index (χ4v) is 4.51. The third-order valence-electron chi connectivity index (χ3n) is 5.64. The number of hydrogen-bond acceptors (Lipinski definition) is 3. The predicted molar refractivity (Wildman–Crippen MR) is 83.1 cm³/mol. The minimum Gasteiger partial charge on any atom is -0.370 e. The maximum absolute atomic E-state index is 6.56. The maximum Gasteiger partial charge on any atom is 0.0710 e. The minimum atomic E-state index is 0.289. The molecule has 2 aliphatic heterocycles. The molecule has 0 aromatic heterocycles. The fourth-order valence-electron chi connectivity index (χ4n) is 4.51. The molecule has 0 bridgehead atoms. The highest BCUT2D eigenvalue weighted by molar-refractivity contribution is 4.93. The molecule has 3 heteroatoms. The van der Waals surface area contributed by atoms with Gasteiger partial charge in [-0.3, -0.25) is 4.90 Å². The SMILES string of the molecule is CCCC1CNCCN1CC1CCC2(CCCCC2)O1. The molecule has 3 fully saturated rings. The van der Waals surface area contributed by atoms with Crippen LogP contribution in [0.25, 0.3) is 0 Å². The Labute approximate surface area is 124 Å². The van der Waals surface area contributed by atoms with Gasteiger partial charge in [0.2, 0.25) is 0 Å². The number of piperazine rings is 1. The number of nitrogens with zero attached hydrogens (tertiary/aromatic N) is 1. The molecule has 2 heterocycles. The molecular weight excluding hydrogens is 248 g/mol. The third-order valence-corrected chi connectivity index (χ3v) is 5.64. The topological polar surface area (TPSA) is 24.5 Å². The summed E-state index contributed by atoms with van der Waals surface area (Å²) in [6, 6.07) is 0.736.